The average Bonchev–Trinajstić information content (AvgIpc) is 2.79. The van der Waals surface area contributed by atoms with Crippen molar-refractivity contribution in [1.29, 1.82) is 0 Å². The molecule has 1 N–H and O–H groups in total. The van der Waals surface area contributed by atoms with Gasteiger partial charge in [0.15, 0.2) is 0 Å². The van der Waals surface area contributed by atoms with E-state index in [1.807, 2.05) is 7.11 Å². The topological polar surface area (TPSA) is 24.5 Å². The first-order valence-electron chi connectivity index (χ1n) is 7.12. The van der Waals surface area contributed by atoms with Gasteiger partial charge in [-0.1, -0.05) is 13.8 Å². The van der Waals surface area contributed by atoms with E-state index in [4.69, 9.17) is 4.74 Å². The summed E-state index contributed by atoms with van der Waals surface area (Å²) in [4.78, 5) is 2.63. The molecule has 0 aromatic heterocycles. The van der Waals surface area contributed by atoms with Gasteiger partial charge in [0.05, 0.1) is 6.10 Å². The van der Waals surface area contributed by atoms with Gasteiger partial charge >= 0.3 is 0 Å². The molecule has 3 heteroatoms. The van der Waals surface area contributed by atoms with Crippen molar-refractivity contribution >= 4 is 0 Å². The third kappa shape index (κ3) is 3.01. The minimum Gasteiger partial charge on any atom is -0.380 e. The summed E-state index contributed by atoms with van der Waals surface area (Å²) in [5.74, 6) is 0.764. The predicted molar refractivity (Wildman–Crippen MR) is 71.2 cm³/mol. The van der Waals surface area contributed by atoms with E-state index < -0.39 is 0 Å². The van der Waals surface area contributed by atoms with Gasteiger partial charge < -0.3 is 15.0 Å². The highest BCUT2D eigenvalue weighted by Gasteiger charge is 2.39. The quantitative estimate of drug-likeness (QED) is 0.810. The number of piperidine rings is 1. The number of rotatable bonds is 4. The van der Waals surface area contributed by atoms with Crippen molar-refractivity contribution in [2.45, 2.75) is 39.2 Å². The summed E-state index contributed by atoms with van der Waals surface area (Å²) in [5, 5.41) is 3.55. The van der Waals surface area contributed by atoms with Gasteiger partial charge in [0, 0.05) is 26.7 Å². The van der Waals surface area contributed by atoms with Gasteiger partial charge in [0.2, 0.25) is 0 Å². The number of nitrogens with zero attached hydrogens (tertiary/aromatic N) is 1. The Labute approximate surface area is 106 Å². The first kappa shape index (κ1) is 13.3. The zero-order valence-electron chi connectivity index (χ0n) is 11.7. The van der Waals surface area contributed by atoms with Crippen LogP contribution in [0.3, 0.4) is 0 Å². The zero-order chi connectivity index (χ0) is 12.3. The van der Waals surface area contributed by atoms with Crippen LogP contribution >= 0.6 is 0 Å². The summed E-state index contributed by atoms with van der Waals surface area (Å²) >= 11 is 0. The lowest BCUT2D eigenvalue weighted by Crippen LogP contribution is -2.48. The number of ether oxygens (including phenoxy) is 1. The second-order valence-corrected chi connectivity index (χ2v) is 6.18. The number of likely N-dealkylation sites (tertiary alicyclic amines) is 1. The molecule has 2 fully saturated rings. The van der Waals surface area contributed by atoms with Crippen LogP contribution in [0.1, 0.15) is 33.1 Å². The maximum absolute atomic E-state index is 5.52. The van der Waals surface area contributed by atoms with Crippen molar-refractivity contribution in [2.24, 2.45) is 11.3 Å². The fourth-order valence-corrected chi connectivity index (χ4v) is 3.37. The van der Waals surface area contributed by atoms with Gasteiger partial charge in [0.1, 0.15) is 0 Å². The smallest absolute Gasteiger partial charge is 0.0698 e. The minimum absolute atomic E-state index is 0.460. The number of hydrogen-bond acceptors (Lipinski definition) is 3. The molecule has 2 aliphatic heterocycles. The molecule has 2 saturated heterocycles. The van der Waals surface area contributed by atoms with Crippen LogP contribution in [0.25, 0.3) is 0 Å². The average molecular weight is 240 g/mol. The largest absolute Gasteiger partial charge is 0.380 e. The Bertz CT molecular complexity index is 236. The summed E-state index contributed by atoms with van der Waals surface area (Å²) in [5.41, 5.74) is 0.496. The minimum atomic E-state index is 0.460. The molecule has 2 heterocycles. The zero-order valence-corrected chi connectivity index (χ0v) is 11.7. The van der Waals surface area contributed by atoms with E-state index in [1.54, 1.807) is 0 Å². The van der Waals surface area contributed by atoms with E-state index in [0.717, 1.165) is 12.5 Å². The molecular formula is C14H28N2O. The highest BCUT2D eigenvalue weighted by molar-refractivity contribution is 4.93. The molecule has 0 saturated carbocycles. The van der Waals surface area contributed by atoms with Crippen molar-refractivity contribution in [3.8, 4) is 0 Å². The van der Waals surface area contributed by atoms with E-state index >= 15 is 0 Å². The van der Waals surface area contributed by atoms with Gasteiger partial charge in [-0.2, -0.15) is 0 Å². The summed E-state index contributed by atoms with van der Waals surface area (Å²) in [6.07, 6.45) is 4.32. The van der Waals surface area contributed by atoms with Gasteiger partial charge in [-0.25, -0.2) is 0 Å². The van der Waals surface area contributed by atoms with Gasteiger partial charge in [-0.3, -0.25) is 0 Å². The monoisotopic (exact) mass is 240 g/mol. The first-order chi connectivity index (χ1) is 8.16. The molecule has 100 valence electrons. The molecule has 0 amide bonds. The molecule has 0 aromatic rings. The lowest BCUT2D eigenvalue weighted by Gasteiger charge is -2.41. The van der Waals surface area contributed by atoms with Gasteiger partial charge in [0.25, 0.3) is 0 Å². The Morgan fingerprint density at radius 2 is 2.29 bits per heavy atom. The second-order valence-electron chi connectivity index (χ2n) is 6.18. The molecule has 0 aliphatic carbocycles. The molecule has 2 atom stereocenters. The molecule has 0 radical (unpaired) electrons. The summed E-state index contributed by atoms with van der Waals surface area (Å²) in [6.45, 7) is 10.8. The van der Waals surface area contributed by atoms with Crippen molar-refractivity contribution in [3.05, 3.63) is 0 Å². The van der Waals surface area contributed by atoms with Crippen LogP contribution in [0.5, 0.6) is 0 Å². The van der Waals surface area contributed by atoms with E-state index in [2.05, 4.69) is 24.1 Å². The fraction of sp³-hybridized carbons (Fsp3) is 1.00. The Morgan fingerprint density at radius 1 is 1.47 bits per heavy atom. The van der Waals surface area contributed by atoms with Crippen LogP contribution in [0.4, 0.5) is 0 Å². The SMILES string of the molecule is COC1CCCN(CC2(C(C)C)CCNC2)C1. The Kier molecular flexibility index (Phi) is 4.45. The van der Waals surface area contributed by atoms with Crippen molar-refractivity contribution in [1.82, 2.24) is 10.2 Å². The summed E-state index contributed by atoms with van der Waals surface area (Å²) < 4.78 is 5.52. The highest BCUT2D eigenvalue weighted by Crippen LogP contribution is 2.35. The number of nitrogens with one attached hydrogen (secondary N) is 1. The van der Waals surface area contributed by atoms with Crippen LogP contribution in [-0.2, 0) is 4.74 Å². The van der Waals surface area contributed by atoms with E-state index in [-0.39, 0.29) is 0 Å². The van der Waals surface area contributed by atoms with Crippen LogP contribution < -0.4 is 5.32 Å². The van der Waals surface area contributed by atoms with E-state index in [0.29, 0.717) is 11.5 Å². The molecule has 2 unspecified atom stereocenters. The molecule has 3 nitrogen and oxygen atoms in total. The normalized spacial score (nSPS) is 35.6. The summed E-state index contributed by atoms with van der Waals surface area (Å²) in [7, 11) is 1.85. The Balaban J connectivity index is 1.93. The van der Waals surface area contributed by atoms with E-state index in [9.17, 15) is 0 Å². The van der Waals surface area contributed by atoms with Crippen LogP contribution in [0, 0.1) is 11.3 Å². The maximum atomic E-state index is 5.52. The lowest BCUT2D eigenvalue weighted by atomic mass is 9.75. The molecule has 17 heavy (non-hydrogen) atoms. The fourth-order valence-electron chi connectivity index (χ4n) is 3.37. The van der Waals surface area contributed by atoms with Crippen molar-refractivity contribution < 1.29 is 4.74 Å². The molecule has 2 aliphatic rings. The maximum Gasteiger partial charge on any atom is 0.0698 e. The summed E-state index contributed by atoms with van der Waals surface area (Å²) in [6, 6.07) is 0. The second kappa shape index (κ2) is 5.68. The van der Waals surface area contributed by atoms with Crippen molar-refractivity contribution in [2.75, 3.05) is 39.8 Å². The van der Waals surface area contributed by atoms with Crippen LogP contribution in [-0.4, -0.2) is 50.8 Å². The lowest BCUT2D eigenvalue weighted by molar-refractivity contribution is 0.00886. The standard InChI is InChI=1S/C14H28N2O/c1-12(2)14(6-7-15-10-14)11-16-8-4-5-13(9-16)17-3/h12-13,15H,4-11H2,1-3H3. The Hall–Kier alpha value is -0.120. The Morgan fingerprint density at radius 3 is 2.88 bits per heavy atom. The third-order valence-corrected chi connectivity index (χ3v) is 4.84. The number of methoxy groups -OCH3 is 1. The van der Waals surface area contributed by atoms with Crippen LogP contribution in [0.2, 0.25) is 0 Å². The third-order valence-electron chi connectivity index (χ3n) is 4.84. The molecular weight excluding hydrogens is 212 g/mol. The molecule has 0 spiro atoms. The van der Waals surface area contributed by atoms with Crippen molar-refractivity contribution in [3.63, 3.8) is 0 Å². The molecule has 0 bridgehead atoms. The first-order valence-corrected chi connectivity index (χ1v) is 7.12. The van der Waals surface area contributed by atoms with Crippen LogP contribution in [0.15, 0.2) is 0 Å². The van der Waals surface area contributed by atoms with Gasteiger partial charge in [-0.05, 0) is 43.7 Å². The molecule has 0 aromatic carbocycles. The number of hydrogen-bond donors (Lipinski definition) is 1. The molecule has 2 rings (SSSR count). The van der Waals surface area contributed by atoms with Gasteiger partial charge in [-0.15, -0.1) is 0 Å². The predicted octanol–water partition coefficient (Wildman–Crippen LogP) is 1.73. The highest BCUT2D eigenvalue weighted by atomic mass is 16.5. The van der Waals surface area contributed by atoms with E-state index in [1.165, 1.54) is 45.4 Å².